The number of carbonyl (C=O) groups excluding carboxylic acids is 1. The van der Waals surface area contributed by atoms with Gasteiger partial charge in [-0.2, -0.15) is 13.2 Å². The predicted molar refractivity (Wildman–Crippen MR) is 89.9 cm³/mol. The number of carbonyl (C=O) groups is 1. The number of nitrogens with two attached hydrogens (primary N) is 1. The summed E-state index contributed by atoms with van der Waals surface area (Å²) in [6.45, 7) is 1.82. The molecule has 0 spiro atoms. The molecule has 2 aromatic rings. The third kappa shape index (κ3) is 3.69. The lowest BCUT2D eigenvalue weighted by Gasteiger charge is -2.19. The molecule has 0 aromatic heterocycles. The molecule has 25 heavy (non-hydrogen) atoms. The first-order chi connectivity index (χ1) is 11.9. The van der Waals surface area contributed by atoms with Crippen LogP contribution in [0, 0.1) is 5.92 Å². The van der Waals surface area contributed by atoms with E-state index < -0.39 is 11.7 Å². The maximum Gasteiger partial charge on any atom is 0.416 e. The molecule has 2 aromatic carbocycles. The topological polar surface area (TPSA) is 46.3 Å². The Morgan fingerprint density at radius 3 is 2.40 bits per heavy atom. The molecule has 1 aliphatic rings. The highest BCUT2D eigenvalue weighted by Crippen LogP contribution is 2.32. The number of halogens is 3. The van der Waals surface area contributed by atoms with Crippen LogP contribution in [0.3, 0.4) is 0 Å². The van der Waals surface area contributed by atoms with Gasteiger partial charge in [-0.15, -0.1) is 0 Å². The lowest BCUT2D eigenvalue weighted by atomic mass is 9.98. The second kappa shape index (κ2) is 6.88. The first kappa shape index (κ1) is 17.5. The molecule has 132 valence electrons. The standard InChI is InChI=1S/C19H19F3N2O/c20-19(21,22)15-7-5-14(6-8-15)16-3-1-2-4-17(16)18(25)24-10-9-13(11-23)12-24/h1-8,13H,9-12,23H2. The van der Waals surface area contributed by atoms with Crippen LogP contribution in [-0.2, 0) is 6.18 Å². The molecule has 3 rings (SSSR count). The van der Waals surface area contributed by atoms with Gasteiger partial charge < -0.3 is 10.6 Å². The fraction of sp³-hybridized carbons (Fsp3) is 0.316. The lowest BCUT2D eigenvalue weighted by Crippen LogP contribution is -2.30. The molecule has 1 heterocycles. The summed E-state index contributed by atoms with van der Waals surface area (Å²) in [5.74, 6) is 0.202. The van der Waals surface area contributed by atoms with Crippen LogP contribution in [-0.4, -0.2) is 30.4 Å². The maximum absolute atomic E-state index is 12.8. The van der Waals surface area contributed by atoms with Gasteiger partial charge >= 0.3 is 6.18 Å². The van der Waals surface area contributed by atoms with Gasteiger partial charge in [-0.3, -0.25) is 4.79 Å². The molecule has 2 N–H and O–H groups in total. The number of benzene rings is 2. The molecule has 1 aliphatic heterocycles. The summed E-state index contributed by atoms with van der Waals surface area (Å²) in [5, 5.41) is 0. The van der Waals surface area contributed by atoms with E-state index in [9.17, 15) is 18.0 Å². The van der Waals surface area contributed by atoms with Crippen molar-refractivity contribution in [2.24, 2.45) is 11.7 Å². The van der Waals surface area contributed by atoms with Crippen molar-refractivity contribution >= 4 is 5.91 Å². The van der Waals surface area contributed by atoms with Crippen LogP contribution in [0.25, 0.3) is 11.1 Å². The molecule has 0 radical (unpaired) electrons. The zero-order chi connectivity index (χ0) is 18.0. The first-order valence-electron chi connectivity index (χ1n) is 8.16. The Hall–Kier alpha value is -2.34. The minimum Gasteiger partial charge on any atom is -0.338 e. The van der Waals surface area contributed by atoms with Crippen molar-refractivity contribution in [2.45, 2.75) is 12.6 Å². The van der Waals surface area contributed by atoms with E-state index in [2.05, 4.69) is 0 Å². The van der Waals surface area contributed by atoms with E-state index in [0.717, 1.165) is 18.6 Å². The average Bonchev–Trinajstić information content (AvgIpc) is 3.10. The molecular weight excluding hydrogens is 329 g/mol. The van der Waals surface area contributed by atoms with Crippen molar-refractivity contribution < 1.29 is 18.0 Å². The van der Waals surface area contributed by atoms with Gasteiger partial charge in [0.15, 0.2) is 0 Å². The molecule has 1 saturated heterocycles. The molecule has 1 amide bonds. The second-order valence-electron chi connectivity index (χ2n) is 6.26. The van der Waals surface area contributed by atoms with Crippen molar-refractivity contribution in [1.29, 1.82) is 0 Å². The quantitative estimate of drug-likeness (QED) is 0.917. The van der Waals surface area contributed by atoms with Gasteiger partial charge in [0, 0.05) is 18.7 Å². The van der Waals surface area contributed by atoms with Gasteiger partial charge in [0.05, 0.1) is 5.56 Å². The van der Waals surface area contributed by atoms with Crippen molar-refractivity contribution in [1.82, 2.24) is 4.90 Å². The van der Waals surface area contributed by atoms with Crippen LogP contribution in [0.15, 0.2) is 48.5 Å². The number of nitrogens with zero attached hydrogens (tertiary/aromatic N) is 1. The third-order valence-corrected chi connectivity index (χ3v) is 4.59. The number of amides is 1. The summed E-state index contributed by atoms with van der Waals surface area (Å²) in [6, 6.07) is 11.9. The van der Waals surface area contributed by atoms with E-state index in [4.69, 9.17) is 5.73 Å². The van der Waals surface area contributed by atoms with Crippen molar-refractivity contribution in [3.05, 3.63) is 59.7 Å². The highest BCUT2D eigenvalue weighted by atomic mass is 19.4. The molecule has 0 saturated carbocycles. The summed E-state index contributed by atoms with van der Waals surface area (Å²) >= 11 is 0. The number of alkyl halides is 3. The molecule has 3 nitrogen and oxygen atoms in total. The summed E-state index contributed by atoms with van der Waals surface area (Å²) in [5.41, 5.74) is 6.70. The van der Waals surface area contributed by atoms with E-state index in [-0.39, 0.29) is 5.91 Å². The monoisotopic (exact) mass is 348 g/mol. The molecule has 0 bridgehead atoms. The van der Waals surface area contributed by atoms with Crippen LogP contribution in [0.4, 0.5) is 13.2 Å². The highest BCUT2D eigenvalue weighted by Gasteiger charge is 2.30. The summed E-state index contributed by atoms with van der Waals surface area (Å²) < 4.78 is 38.2. The number of hydrogen-bond donors (Lipinski definition) is 1. The molecule has 1 fully saturated rings. The fourth-order valence-electron chi connectivity index (χ4n) is 3.14. The highest BCUT2D eigenvalue weighted by molar-refractivity contribution is 6.01. The SMILES string of the molecule is NCC1CCN(C(=O)c2ccccc2-c2ccc(C(F)(F)F)cc2)C1. The molecule has 1 unspecified atom stereocenters. The minimum absolute atomic E-state index is 0.105. The normalized spacial score (nSPS) is 17.8. The maximum atomic E-state index is 12.8. The van der Waals surface area contributed by atoms with Gasteiger partial charge in [-0.05, 0) is 48.2 Å². The van der Waals surface area contributed by atoms with E-state index in [1.54, 1.807) is 29.2 Å². The summed E-state index contributed by atoms with van der Waals surface area (Å²) in [6.07, 6.45) is -3.49. The Morgan fingerprint density at radius 2 is 1.80 bits per heavy atom. The van der Waals surface area contributed by atoms with Crippen molar-refractivity contribution in [3.8, 4) is 11.1 Å². The van der Waals surface area contributed by atoms with E-state index in [1.807, 2.05) is 0 Å². The van der Waals surface area contributed by atoms with Crippen molar-refractivity contribution in [2.75, 3.05) is 19.6 Å². The number of likely N-dealkylation sites (tertiary alicyclic amines) is 1. The third-order valence-electron chi connectivity index (χ3n) is 4.59. The van der Waals surface area contributed by atoms with E-state index in [0.29, 0.717) is 42.2 Å². The Labute approximate surface area is 144 Å². The van der Waals surface area contributed by atoms with Gasteiger partial charge in [-0.1, -0.05) is 30.3 Å². The number of rotatable bonds is 3. The first-order valence-corrected chi connectivity index (χ1v) is 8.16. The summed E-state index contributed by atoms with van der Waals surface area (Å²) in [4.78, 5) is 14.6. The number of hydrogen-bond acceptors (Lipinski definition) is 2. The van der Waals surface area contributed by atoms with Crippen LogP contribution >= 0.6 is 0 Å². The zero-order valence-electron chi connectivity index (χ0n) is 13.6. The van der Waals surface area contributed by atoms with E-state index in [1.165, 1.54) is 12.1 Å². The van der Waals surface area contributed by atoms with Crippen LogP contribution < -0.4 is 5.73 Å². The Bertz CT molecular complexity index is 756. The largest absolute Gasteiger partial charge is 0.416 e. The van der Waals surface area contributed by atoms with Gasteiger partial charge in [0.1, 0.15) is 0 Å². The van der Waals surface area contributed by atoms with Gasteiger partial charge in [0.2, 0.25) is 0 Å². The molecule has 6 heteroatoms. The molecule has 0 aliphatic carbocycles. The second-order valence-corrected chi connectivity index (χ2v) is 6.26. The smallest absolute Gasteiger partial charge is 0.338 e. The Kier molecular flexibility index (Phi) is 4.81. The molecule has 1 atom stereocenters. The van der Waals surface area contributed by atoms with E-state index >= 15 is 0 Å². The van der Waals surface area contributed by atoms with Gasteiger partial charge in [-0.25, -0.2) is 0 Å². The van der Waals surface area contributed by atoms with Crippen LogP contribution in [0.5, 0.6) is 0 Å². The Morgan fingerprint density at radius 1 is 1.12 bits per heavy atom. The zero-order valence-corrected chi connectivity index (χ0v) is 13.6. The summed E-state index contributed by atoms with van der Waals surface area (Å²) in [7, 11) is 0. The van der Waals surface area contributed by atoms with Crippen LogP contribution in [0.1, 0.15) is 22.3 Å². The minimum atomic E-state index is -4.37. The Balaban J connectivity index is 1.90. The van der Waals surface area contributed by atoms with Gasteiger partial charge in [0.25, 0.3) is 5.91 Å². The molecular formula is C19H19F3N2O. The predicted octanol–water partition coefficient (Wildman–Crippen LogP) is 3.79. The lowest BCUT2D eigenvalue weighted by molar-refractivity contribution is -0.137. The fourth-order valence-corrected chi connectivity index (χ4v) is 3.14. The van der Waals surface area contributed by atoms with Crippen LogP contribution in [0.2, 0.25) is 0 Å². The van der Waals surface area contributed by atoms with Crippen molar-refractivity contribution in [3.63, 3.8) is 0 Å². The average molecular weight is 348 g/mol.